The molecule has 1 aromatic carbocycles. The number of hydrogen-bond donors (Lipinski definition) is 2. The van der Waals surface area contributed by atoms with Gasteiger partial charge in [0.1, 0.15) is 0 Å². The van der Waals surface area contributed by atoms with E-state index in [1.165, 1.54) is 18.5 Å². The van der Waals surface area contributed by atoms with E-state index < -0.39 is 0 Å². The molecule has 0 aromatic heterocycles. The predicted molar refractivity (Wildman–Crippen MR) is 101 cm³/mol. The molecule has 5 heteroatoms. The van der Waals surface area contributed by atoms with Crippen LogP contribution in [0.25, 0.3) is 0 Å². The van der Waals surface area contributed by atoms with Crippen molar-refractivity contribution in [3.63, 3.8) is 0 Å². The van der Waals surface area contributed by atoms with Crippen molar-refractivity contribution in [3.8, 4) is 0 Å². The minimum atomic E-state index is -0.259. The van der Waals surface area contributed by atoms with Gasteiger partial charge in [-0.15, -0.1) is 0 Å². The van der Waals surface area contributed by atoms with Crippen molar-refractivity contribution in [1.82, 2.24) is 10.2 Å². The van der Waals surface area contributed by atoms with E-state index in [9.17, 15) is 9.90 Å². The second-order valence-corrected chi connectivity index (χ2v) is 7.60. The topological polar surface area (TPSA) is 55.8 Å². The molecule has 2 fully saturated rings. The molecule has 3 atom stereocenters. The Morgan fingerprint density at radius 2 is 2.08 bits per heavy atom. The number of anilines is 1. The van der Waals surface area contributed by atoms with Crippen LogP contribution in [0.1, 0.15) is 50.6 Å². The summed E-state index contributed by atoms with van der Waals surface area (Å²) in [6, 6.07) is 8.38. The number of rotatable bonds is 5. The van der Waals surface area contributed by atoms with E-state index in [-0.39, 0.29) is 24.1 Å². The Morgan fingerprint density at radius 1 is 1.32 bits per heavy atom. The molecule has 1 saturated carbocycles. The zero-order valence-corrected chi connectivity index (χ0v) is 15.4. The lowest BCUT2D eigenvalue weighted by molar-refractivity contribution is 0.113. The number of urea groups is 1. The average molecular weight is 345 g/mol. The Labute approximate surface area is 151 Å². The lowest BCUT2D eigenvalue weighted by Gasteiger charge is -2.26. The number of nitrogens with zero attached hydrogens (tertiary/aromatic N) is 2. The molecule has 1 heterocycles. The molecule has 1 aromatic rings. The molecule has 1 aliphatic heterocycles. The number of hydrogen-bond acceptors (Lipinski definition) is 3. The van der Waals surface area contributed by atoms with Crippen molar-refractivity contribution >= 4 is 11.7 Å². The predicted octanol–water partition coefficient (Wildman–Crippen LogP) is 3.15. The highest BCUT2D eigenvalue weighted by Crippen LogP contribution is 2.26. The summed E-state index contributed by atoms with van der Waals surface area (Å²) in [5.41, 5.74) is 2.38. The van der Waals surface area contributed by atoms with Gasteiger partial charge < -0.3 is 20.2 Å². The van der Waals surface area contributed by atoms with Gasteiger partial charge in [-0.25, -0.2) is 4.79 Å². The Kier molecular flexibility index (Phi) is 5.84. The molecule has 2 amide bonds. The molecule has 0 bridgehead atoms. The third-order valence-corrected chi connectivity index (χ3v) is 5.66. The van der Waals surface area contributed by atoms with Gasteiger partial charge in [0, 0.05) is 38.3 Å². The van der Waals surface area contributed by atoms with Gasteiger partial charge in [0.15, 0.2) is 0 Å². The Balaban J connectivity index is 1.56. The van der Waals surface area contributed by atoms with Crippen molar-refractivity contribution in [1.29, 1.82) is 0 Å². The maximum Gasteiger partial charge on any atom is 0.317 e. The second-order valence-electron chi connectivity index (χ2n) is 7.60. The summed E-state index contributed by atoms with van der Waals surface area (Å²) in [7, 11) is 1.81. The summed E-state index contributed by atoms with van der Waals surface area (Å²) in [5, 5.41) is 13.0. The second kappa shape index (κ2) is 8.09. The molecule has 0 radical (unpaired) electrons. The monoisotopic (exact) mass is 345 g/mol. The van der Waals surface area contributed by atoms with E-state index in [2.05, 4.69) is 34.5 Å². The van der Waals surface area contributed by atoms with Crippen LogP contribution in [0.15, 0.2) is 24.3 Å². The number of nitrogens with one attached hydrogen (secondary N) is 1. The van der Waals surface area contributed by atoms with Gasteiger partial charge in [-0.3, -0.25) is 0 Å². The minimum Gasteiger partial charge on any atom is -0.393 e. The van der Waals surface area contributed by atoms with Crippen LogP contribution in [-0.2, 0) is 0 Å². The van der Waals surface area contributed by atoms with E-state index in [1.807, 2.05) is 14.0 Å². The molecular weight excluding hydrogens is 314 g/mol. The van der Waals surface area contributed by atoms with Gasteiger partial charge in [0.25, 0.3) is 0 Å². The van der Waals surface area contributed by atoms with Crippen LogP contribution in [0.3, 0.4) is 0 Å². The first-order valence-corrected chi connectivity index (χ1v) is 9.59. The normalized spacial score (nSPS) is 24.4. The molecule has 0 spiro atoms. The van der Waals surface area contributed by atoms with Crippen molar-refractivity contribution in [2.75, 3.05) is 31.6 Å². The summed E-state index contributed by atoms with van der Waals surface area (Å²) in [5.74, 6) is 0.213. The van der Waals surface area contributed by atoms with Crippen LogP contribution in [0.4, 0.5) is 10.5 Å². The van der Waals surface area contributed by atoms with Crippen molar-refractivity contribution in [3.05, 3.63) is 29.8 Å². The highest BCUT2D eigenvalue weighted by Gasteiger charge is 2.27. The van der Waals surface area contributed by atoms with Gasteiger partial charge in [0.2, 0.25) is 0 Å². The van der Waals surface area contributed by atoms with Crippen LogP contribution in [-0.4, -0.2) is 48.8 Å². The molecular formula is C20H31N3O2. The van der Waals surface area contributed by atoms with Gasteiger partial charge >= 0.3 is 6.03 Å². The van der Waals surface area contributed by atoms with Crippen molar-refractivity contribution < 1.29 is 9.90 Å². The standard InChI is InChI=1S/C20H31N3O2/c1-15(16-7-5-9-18(13-16)23-11-3-4-12-23)21-20(25)22(2)14-17-8-6-10-19(17)24/h5,7,9,13,15,17,19,24H,3-4,6,8,10-12,14H2,1-2H3,(H,21,25). The first-order valence-electron chi connectivity index (χ1n) is 9.59. The summed E-state index contributed by atoms with van der Waals surface area (Å²) >= 11 is 0. The van der Waals surface area contributed by atoms with Gasteiger partial charge in [-0.2, -0.15) is 0 Å². The molecule has 3 unspecified atom stereocenters. The summed E-state index contributed by atoms with van der Waals surface area (Å²) in [4.78, 5) is 16.6. The smallest absolute Gasteiger partial charge is 0.317 e. The summed E-state index contributed by atoms with van der Waals surface area (Å²) in [6.45, 7) is 4.89. The van der Waals surface area contributed by atoms with Crippen molar-refractivity contribution in [2.45, 2.75) is 51.2 Å². The highest BCUT2D eigenvalue weighted by atomic mass is 16.3. The maximum atomic E-state index is 12.5. The zero-order valence-electron chi connectivity index (χ0n) is 15.4. The quantitative estimate of drug-likeness (QED) is 0.862. The SMILES string of the molecule is CC(NC(=O)N(C)CC1CCCC1O)c1cccc(N2CCCC2)c1. The van der Waals surface area contributed by atoms with E-state index in [1.54, 1.807) is 4.90 Å². The number of amides is 2. The lowest BCUT2D eigenvalue weighted by Crippen LogP contribution is -2.42. The van der Waals surface area contributed by atoms with E-state index in [0.29, 0.717) is 6.54 Å². The largest absolute Gasteiger partial charge is 0.393 e. The fourth-order valence-electron chi connectivity index (χ4n) is 4.01. The van der Waals surface area contributed by atoms with E-state index in [0.717, 1.165) is 37.9 Å². The van der Waals surface area contributed by atoms with Crippen LogP contribution in [0, 0.1) is 5.92 Å². The first kappa shape index (κ1) is 18.1. The van der Waals surface area contributed by atoms with Gasteiger partial charge in [0.05, 0.1) is 12.1 Å². The third-order valence-electron chi connectivity index (χ3n) is 5.66. The van der Waals surface area contributed by atoms with Gasteiger partial charge in [-0.05, 0) is 50.3 Å². The highest BCUT2D eigenvalue weighted by molar-refractivity contribution is 5.74. The minimum absolute atomic E-state index is 0.0361. The zero-order chi connectivity index (χ0) is 17.8. The Morgan fingerprint density at radius 3 is 2.76 bits per heavy atom. The summed E-state index contributed by atoms with van der Waals surface area (Å²) in [6.07, 6.45) is 5.18. The molecule has 5 nitrogen and oxygen atoms in total. The van der Waals surface area contributed by atoms with E-state index >= 15 is 0 Å². The molecule has 2 N–H and O–H groups in total. The molecule has 25 heavy (non-hydrogen) atoms. The number of carbonyl (C=O) groups is 1. The molecule has 3 rings (SSSR count). The fraction of sp³-hybridized carbons (Fsp3) is 0.650. The fourth-order valence-corrected chi connectivity index (χ4v) is 4.01. The van der Waals surface area contributed by atoms with Crippen LogP contribution < -0.4 is 10.2 Å². The number of aliphatic hydroxyl groups is 1. The molecule has 138 valence electrons. The lowest BCUT2D eigenvalue weighted by atomic mass is 10.1. The number of benzene rings is 1. The first-order chi connectivity index (χ1) is 12.0. The van der Waals surface area contributed by atoms with Crippen LogP contribution in [0.5, 0.6) is 0 Å². The summed E-state index contributed by atoms with van der Waals surface area (Å²) < 4.78 is 0. The van der Waals surface area contributed by atoms with Crippen molar-refractivity contribution in [2.24, 2.45) is 5.92 Å². The number of aliphatic hydroxyl groups excluding tert-OH is 1. The molecule has 1 aliphatic carbocycles. The van der Waals surface area contributed by atoms with E-state index in [4.69, 9.17) is 0 Å². The molecule has 1 saturated heterocycles. The average Bonchev–Trinajstić information content (AvgIpc) is 3.27. The van der Waals surface area contributed by atoms with Crippen LogP contribution in [0.2, 0.25) is 0 Å². The molecule has 2 aliphatic rings. The van der Waals surface area contributed by atoms with Crippen LogP contribution >= 0.6 is 0 Å². The number of carbonyl (C=O) groups excluding carboxylic acids is 1. The maximum absolute atomic E-state index is 12.5. The Hall–Kier alpha value is -1.75. The third kappa shape index (κ3) is 4.46. The van der Waals surface area contributed by atoms with Gasteiger partial charge in [-0.1, -0.05) is 18.6 Å². The Bertz CT molecular complexity index is 586.